The zero-order valence-corrected chi connectivity index (χ0v) is 18.5. The molecule has 2 aromatic carbocycles. The molecule has 0 bridgehead atoms. The van der Waals surface area contributed by atoms with Crippen LogP contribution in [-0.4, -0.2) is 22.8 Å². The molecule has 0 aromatic heterocycles. The third-order valence-corrected chi connectivity index (χ3v) is 5.11. The number of carboxylic acids is 1. The van der Waals surface area contributed by atoms with Crippen molar-refractivity contribution in [3.05, 3.63) is 69.2 Å². The average Bonchev–Trinajstić information content (AvgIpc) is 2.59. The van der Waals surface area contributed by atoms with Crippen molar-refractivity contribution in [3.8, 4) is 0 Å². The number of hydrogen-bond donors (Lipinski definition) is 2. The second kappa shape index (κ2) is 8.53. The normalized spacial score (nSPS) is 14.6. The third kappa shape index (κ3) is 5.26. The summed E-state index contributed by atoms with van der Waals surface area (Å²) in [6.07, 6.45) is -0.697. The summed E-state index contributed by atoms with van der Waals surface area (Å²) in [5.41, 5.74) is -1.03. The molecule has 2 rings (SSSR count). The Balaban J connectivity index is 2.56. The Labute approximate surface area is 178 Å². The number of carboxylic acid groups (broad SMARTS) is 1. The van der Waals surface area contributed by atoms with Gasteiger partial charge in [0.1, 0.15) is 11.0 Å². The van der Waals surface area contributed by atoms with Gasteiger partial charge in [0, 0.05) is 9.50 Å². The molecule has 5 nitrogen and oxygen atoms in total. The molecular weight excluding hydrogens is 446 g/mol. The van der Waals surface area contributed by atoms with Crippen LogP contribution < -0.4 is 5.32 Å². The van der Waals surface area contributed by atoms with Gasteiger partial charge in [-0.1, -0.05) is 51.8 Å². The van der Waals surface area contributed by atoms with Gasteiger partial charge in [0.05, 0.1) is 6.04 Å². The van der Waals surface area contributed by atoms with Crippen molar-refractivity contribution in [2.75, 3.05) is 0 Å². The predicted octanol–water partition coefficient (Wildman–Crippen LogP) is 5.71. The SMILES string of the molecule is CC(C)(C)OC(=O)N[C@@H](c1ccc(Cl)cc1)[C@@](C)(C(=O)O)c1ccc(Br)cc1. The maximum absolute atomic E-state index is 12.5. The van der Waals surface area contributed by atoms with E-state index in [0.29, 0.717) is 16.1 Å². The lowest BCUT2D eigenvalue weighted by Gasteiger charge is -2.36. The number of alkyl carbamates (subject to hydrolysis) is 1. The maximum Gasteiger partial charge on any atom is 0.408 e. The summed E-state index contributed by atoms with van der Waals surface area (Å²) in [4.78, 5) is 24.9. The quantitative estimate of drug-likeness (QED) is 0.589. The van der Waals surface area contributed by atoms with Crippen molar-refractivity contribution in [1.29, 1.82) is 0 Å². The Hall–Kier alpha value is -2.05. The van der Waals surface area contributed by atoms with Crippen molar-refractivity contribution >= 4 is 39.6 Å². The molecule has 0 heterocycles. The van der Waals surface area contributed by atoms with Crippen molar-refractivity contribution < 1.29 is 19.4 Å². The first-order chi connectivity index (χ1) is 12.9. The Kier molecular flexibility index (Phi) is 6.78. The van der Waals surface area contributed by atoms with E-state index < -0.39 is 29.1 Å². The first-order valence-corrected chi connectivity index (χ1v) is 9.85. The standard InChI is InChI=1S/C21H23BrClNO4/c1-20(2,3)28-19(27)24-17(13-5-11-16(23)12-6-13)21(4,18(25)26)14-7-9-15(22)10-8-14/h5-12,17H,1-4H3,(H,24,27)(H,25,26)/t17-,21-/m0/s1. The molecule has 0 saturated carbocycles. The maximum atomic E-state index is 12.5. The molecule has 150 valence electrons. The summed E-state index contributed by atoms with van der Waals surface area (Å²) in [5.74, 6) is -1.08. The lowest BCUT2D eigenvalue weighted by atomic mass is 9.73. The third-order valence-electron chi connectivity index (χ3n) is 4.33. The van der Waals surface area contributed by atoms with E-state index in [1.165, 1.54) is 0 Å². The van der Waals surface area contributed by atoms with Crippen LogP contribution in [0.3, 0.4) is 0 Å². The number of amides is 1. The molecule has 0 aliphatic rings. The van der Waals surface area contributed by atoms with Crippen molar-refractivity contribution in [2.24, 2.45) is 0 Å². The average molecular weight is 469 g/mol. The Morgan fingerprint density at radius 2 is 1.57 bits per heavy atom. The zero-order chi connectivity index (χ0) is 21.1. The number of carbonyl (C=O) groups is 2. The molecule has 0 unspecified atom stereocenters. The topological polar surface area (TPSA) is 75.6 Å². The fraction of sp³-hybridized carbons (Fsp3) is 0.333. The van der Waals surface area contributed by atoms with Crippen molar-refractivity contribution in [3.63, 3.8) is 0 Å². The van der Waals surface area contributed by atoms with Crippen LogP contribution in [0.5, 0.6) is 0 Å². The van der Waals surface area contributed by atoms with Crippen molar-refractivity contribution in [1.82, 2.24) is 5.32 Å². The van der Waals surface area contributed by atoms with Crippen LogP contribution in [0.2, 0.25) is 5.02 Å². The first kappa shape index (κ1) is 22.2. The van der Waals surface area contributed by atoms with Crippen LogP contribution >= 0.6 is 27.5 Å². The predicted molar refractivity (Wildman–Crippen MR) is 113 cm³/mol. The van der Waals surface area contributed by atoms with Crippen LogP contribution in [-0.2, 0) is 14.9 Å². The van der Waals surface area contributed by atoms with Crippen LogP contribution in [0.25, 0.3) is 0 Å². The largest absolute Gasteiger partial charge is 0.481 e. The molecule has 1 amide bonds. The highest BCUT2D eigenvalue weighted by atomic mass is 79.9. The number of carbonyl (C=O) groups excluding carboxylic acids is 1. The Morgan fingerprint density at radius 1 is 1.04 bits per heavy atom. The van der Waals surface area contributed by atoms with Gasteiger partial charge < -0.3 is 15.2 Å². The minimum absolute atomic E-state index is 0.514. The monoisotopic (exact) mass is 467 g/mol. The van der Waals surface area contributed by atoms with E-state index in [1.807, 2.05) is 0 Å². The summed E-state index contributed by atoms with van der Waals surface area (Å²) in [6, 6.07) is 12.8. The minimum Gasteiger partial charge on any atom is -0.481 e. The van der Waals surface area contributed by atoms with Gasteiger partial charge in [-0.2, -0.15) is 0 Å². The van der Waals surface area contributed by atoms with E-state index in [2.05, 4.69) is 21.2 Å². The molecule has 0 radical (unpaired) electrons. The van der Waals surface area contributed by atoms with Gasteiger partial charge in [0.25, 0.3) is 0 Å². The van der Waals surface area contributed by atoms with Gasteiger partial charge in [0.2, 0.25) is 0 Å². The van der Waals surface area contributed by atoms with E-state index in [0.717, 1.165) is 4.47 Å². The van der Waals surface area contributed by atoms with Crippen LogP contribution in [0.1, 0.15) is 44.9 Å². The van der Waals surface area contributed by atoms with Crippen LogP contribution in [0.15, 0.2) is 53.0 Å². The molecular formula is C21H23BrClNO4. The van der Waals surface area contributed by atoms with Crippen LogP contribution in [0.4, 0.5) is 4.79 Å². The zero-order valence-electron chi connectivity index (χ0n) is 16.1. The highest BCUT2D eigenvalue weighted by molar-refractivity contribution is 9.10. The van der Waals surface area contributed by atoms with E-state index in [9.17, 15) is 14.7 Å². The summed E-state index contributed by atoms with van der Waals surface area (Å²) >= 11 is 9.35. The van der Waals surface area contributed by atoms with Gasteiger partial charge >= 0.3 is 12.1 Å². The molecule has 0 aliphatic carbocycles. The smallest absolute Gasteiger partial charge is 0.408 e. The summed E-state index contributed by atoms with van der Waals surface area (Å²) in [5, 5.41) is 13.4. The van der Waals surface area contributed by atoms with E-state index in [-0.39, 0.29) is 0 Å². The molecule has 7 heteroatoms. The van der Waals surface area contributed by atoms with E-state index in [1.54, 1.807) is 76.2 Å². The minimum atomic E-state index is -1.45. The number of halogens is 2. The van der Waals surface area contributed by atoms with Crippen molar-refractivity contribution in [2.45, 2.75) is 44.8 Å². The van der Waals surface area contributed by atoms with Gasteiger partial charge in [0.15, 0.2) is 0 Å². The highest BCUT2D eigenvalue weighted by Gasteiger charge is 2.45. The summed E-state index contributed by atoms with van der Waals surface area (Å²) < 4.78 is 6.19. The molecule has 0 aliphatic heterocycles. The number of ether oxygens (including phenoxy) is 1. The molecule has 0 saturated heterocycles. The summed E-state index contributed by atoms with van der Waals surface area (Å²) in [7, 11) is 0. The molecule has 0 fully saturated rings. The molecule has 0 spiro atoms. The van der Waals surface area contributed by atoms with Gasteiger partial charge in [-0.15, -0.1) is 0 Å². The fourth-order valence-corrected chi connectivity index (χ4v) is 3.24. The number of nitrogens with one attached hydrogen (secondary N) is 1. The second-order valence-corrected chi connectivity index (χ2v) is 9.00. The highest BCUT2D eigenvalue weighted by Crippen LogP contribution is 2.39. The lowest BCUT2D eigenvalue weighted by Crippen LogP contribution is -2.48. The summed E-state index contributed by atoms with van der Waals surface area (Å²) in [6.45, 7) is 6.81. The molecule has 2 aromatic rings. The first-order valence-electron chi connectivity index (χ1n) is 8.68. The lowest BCUT2D eigenvalue weighted by molar-refractivity contribution is -0.144. The van der Waals surface area contributed by atoms with Gasteiger partial charge in [-0.3, -0.25) is 4.79 Å². The number of hydrogen-bond acceptors (Lipinski definition) is 3. The molecule has 2 atom stereocenters. The number of aliphatic carboxylic acids is 1. The second-order valence-electron chi connectivity index (χ2n) is 7.65. The molecule has 2 N–H and O–H groups in total. The number of rotatable bonds is 5. The van der Waals surface area contributed by atoms with E-state index >= 15 is 0 Å². The van der Waals surface area contributed by atoms with Gasteiger partial charge in [-0.05, 0) is 63.1 Å². The van der Waals surface area contributed by atoms with E-state index in [4.69, 9.17) is 16.3 Å². The van der Waals surface area contributed by atoms with Crippen LogP contribution in [0, 0.1) is 0 Å². The Bertz CT molecular complexity index is 846. The van der Waals surface area contributed by atoms with Gasteiger partial charge in [-0.25, -0.2) is 4.79 Å². The fourth-order valence-electron chi connectivity index (χ4n) is 2.85. The number of benzene rings is 2. The molecule has 28 heavy (non-hydrogen) atoms. The Morgan fingerprint density at radius 3 is 2.04 bits per heavy atom.